The van der Waals surface area contributed by atoms with Gasteiger partial charge in [-0.2, -0.15) is 0 Å². The summed E-state index contributed by atoms with van der Waals surface area (Å²) in [6, 6.07) is 8.78. The molecular weight excluding hydrogens is 403 g/mol. The molecule has 2 aromatic carbocycles. The summed E-state index contributed by atoms with van der Waals surface area (Å²) in [5, 5.41) is 20.1. The highest BCUT2D eigenvalue weighted by molar-refractivity contribution is 8.18. The van der Waals surface area contributed by atoms with Crippen LogP contribution in [0.25, 0.3) is 6.08 Å². The van der Waals surface area contributed by atoms with Crippen molar-refractivity contribution in [2.45, 2.75) is 0 Å². The molecule has 10 heteroatoms. The molecule has 1 heterocycles. The Hall–Kier alpha value is -3.66. The summed E-state index contributed by atoms with van der Waals surface area (Å²) in [7, 11) is 0. The van der Waals surface area contributed by atoms with E-state index in [1.807, 2.05) is 0 Å². The fraction of sp³-hybridized carbons (Fsp3) is 0.0526. The molecule has 3 amide bonds. The molecule has 1 aliphatic rings. The number of phenols is 1. The van der Waals surface area contributed by atoms with Crippen LogP contribution < -0.4 is 5.32 Å². The highest BCUT2D eigenvalue weighted by atomic mass is 32.2. The number of anilines is 1. The minimum atomic E-state index is -1.37. The fourth-order valence-corrected chi connectivity index (χ4v) is 3.37. The number of nitrogens with one attached hydrogen (secondary N) is 1. The molecule has 8 nitrogen and oxygen atoms in total. The molecule has 0 spiro atoms. The number of imide groups is 1. The van der Waals surface area contributed by atoms with E-state index in [1.54, 1.807) is 6.07 Å². The number of aromatic hydroxyl groups is 1. The summed E-state index contributed by atoms with van der Waals surface area (Å²) in [5.74, 6) is -3.69. The minimum Gasteiger partial charge on any atom is -0.508 e. The van der Waals surface area contributed by atoms with Gasteiger partial charge in [-0.25, -0.2) is 9.18 Å². The summed E-state index contributed by atoms with van der Waals surface area (Å²) < 4.78 is 13.3. The predicted molar refractivity (Wildman–Crippen MR) is 103 cm³/mol. The average molecular weight is 416 g/mol. The van der Waals surface area contributed by atoms with Crippen molar-refractivity contribution in [3.63, 3.8) is 0 Å². The average Bonchev–Trinajstić information content (AvgIpc) is 2.90. The van der Waals surface area contributed by atoms with Crippen molar-refractivity contribution in [2.24, 2.45) is 0 Å². The number of benzene rings is 2. The Bertz CT molecular complexity index is 1070. The molecule has 3 rings (SSSR count). The summed E-state index contributed by atoms with van der Waals surface area (Å²) in [6.45, 7) is -0.634. The van der Waals surface area contributed by atoms with Crippen LogP contribution in [-0.4, -0.2) is 44.7 Å². The second-order valence-corrected chi connectivity index (χ2v) is 6.90. The van der Waals surface area contributed by atoms with Crippen LogP contribution in [0.2, 0.25) is 0 Å². The van der Waals surface area contributed by atoms with E-state index in [1.165, 1.54) is 36.4 Å². The van der Waals surface area contributed by atoms with Gasteiger partial charge in [-0.1, -0.05) is 12.1 Å². The normalized spacial score (nSPS) is 15.1. The third-order valence-corrected chi connectivity index (χ3v) is 4.74. The Kier molecular flexibility index (Phi) is 5.64. The summed E-state index contributed by atoms with van der Waals surface area (Å²) in [5.41, 5.74) is -0.0591. The van der Waals surface area contributed by atoms with E-state index in [0.717, 1.165) is 6.07 Å². The van der Waals surface area contributed by atoms with Crippen LogP contribution in [0.5, 0.6) is 5.75 Å². The van der Waals surface area contributed by atoms with Gasteiger partial charge in [-0.3, -0.25) is 19.3 Å². The van der Waals surface area contributed by atoms with Crippen molar-refractivity contribution in [1.82, 2.24) is 4.90 Å². The minimum absolute atomic E-state index is 0.0317. The third-order valence-electron chi connectivity index (χ3n) is 3.83. The van der Waals surface area contributed by atoms with Crippen molar-refractivity contribution >= 4 is 46.5 Å². The molecule has 3 N–H and O–H groups in total. The number of hydrogen-bond donors (Lipinski definition) is 3. The number of hydrogen-bond acceptors (Lipinski definition) is 6. The lowest BCUT2D eigenvalue weighted by molar-refractivity contribution is -0.127. The largest absolute Gasteiger partial charge is 0.508 e. The summed E-state index contributed by atoms with van der Waals surface area (Å²) in [4.78, 5) is 48.7. The number of amides is 3. The van der Waals surface area contributed by atoms with Crippen molar-refractivity contribution in [2.75, 3.05) is 11.9 Å². The molecule has 0 saturated carbocycles. The van der Waals surface area contributed by atoms with E-state index < -0.39 is 35.4 Å². The molecule has 1 fully saturated rings. The SMILES string of the molecule is O=C(CN1C(=O)S/C(=C/c2cccc(F)c2)C1=O)Nc1ccc(O)cc1C(=O)O. The molecule has 1 saturated heterocycles. The van der Waals surface area contributed by atoms with E-state index in [4.69, 9.17) is 5.11 Å². The Labute approximate surface area is 167 Å². The van der Waals surface area contributed by atoms with Crippen LogP contribution >= 0.6 is 11.8 Å². The molecule has 0 aliphatic carbocycles. The molecule has 29 heavy (non-hydrogen) atoms. The lowest BCUT2D eigenvalue weighted by atomic mass is 10.1. The number of rotatable bonds is 5. The van der Waals surface area contributed by atoms with Crippen molar-refractivity contribution < 1.29 is 33.8 Å². The van der Waals surface area contributed by atoms with Gasteiger partial charge in [0, 0.05) is 0 Å². The van der Waals surface area contributed by atoms with Gasteiger partial charge in [0.1, 0.15) is 18.1 Å². The van der Waals surface area contributed by atoms with Gasteiger partial charge >= 0.3 is 5.97 Å². The molecule has 2 aromatic rings. The zero-order chi connectivity index (χ0) is 21.1. The number of carbonyl (C=O) groups is 4. The van der Waals surface area contributed by atoms with Gasteiger partial charge < -0.3 is 15.5 Å². The maximum atomic E-state index is 13.3. The molecule has 0 atom stereocenters. The number of carbonyl (C=O) groups excluding carboxylic acids is 3. The lowest BCUT2D eigenvalue weighted by Gasteiger charge is -2.13. The molecule has 0 bridgehead atoms. The molecule has 0 radical (unpaired) electrons. The molecule has 1 aliphatic heterocycles. The van der Waals surface area contributed by atoms with E-state index in [2.05, 4.69) is 5.32 Å². The number of carboxylic acids is 1. The number of thioether (sulfide) groups is 1. The van der Waals surface area contributed by atoms with Crippen molar-refractivity contribution in [3.8, 4) is 5.75 Å². The van der Waals surface area contributed by atoms with E-state index >= 15 is 0 Å². The van der Waals surface area contributed by atoms with Crippen molar-refractivity contribution in [3.05, 3.63) is 64.3 Å². The van der Waals surface area contributed by atoms with Gasteiger partial charge in [0.05, 0.1) is 16.2 Å². The van der Waals surface area contributed by atoms with Gasteiger partial charge in [-0.05, 0) is 53.7 Å². The third kappa shape index (κ3) is 4.61. The number of aromatic carboxylic acids is 1. The van der Waals surface area contributed by atoms with Crippen LogP contribution in [0.1, 0.15) is 15.9 Å². The Balaban J connectivity index is 1.74. The fourth-order valence-electron chi connectivity index (χ4n) is 2.54. The summed E-state index contributed by atoms with van der Waals surface area (Å²) in [6.07, 6.45) is 1.34. The molecule has 148 valence electrons. The monoisotopic (exact) mass is 416 g/mol. The maximum absolute atomic E-state index is 13.3. The number of phenolic OH excluding ortho intramolecular Hbond substituents is 1. The zero-order valence-corrected chi connectivity index (χ0v) is 15.4. The first-order valence-corrected chi connectivity index (χ1v) is 8.93. The van der Waals surface area contributed by atoms with Gasteiger partial charge in [0.2, 0.25) is 5.91 Å². The predicted octanol–water partition coefficient (Wildman–Crippen LogP) is 2.90. The van der Waals surface area contributed by atoms with Gasteiger partial charge in [0.15, 0.2) is 0 Å². The Morgan fingerprint density at radius 1 is 1.17 bits per heavy atom. The topological polar surface area (TPSA) is 124 Å². The molecular formula is C19H13FN2O6S. The first-order valence-electron chi connectivity index (χ1n) is 8.11. The Morgan fingerprint density at radius 3 is 2.62 bits per heavy atom. The molecule has 0 aromatic heterocycles. The summed E-state index contributed by atoms with van der Waals surface area (Å²) >= 11 is 0.610. The quantitative estimate of drug-likeness (QED) is 0.506. The van der Waals surface area contributed by atoms with Crippen LogP contribution in [0, 0.1) is 5.82 Å². The van der Waals surface area contributed by atoms with Gasteiger partial charge in [0.25, 0.3) is 11.1 Å². The van der Waals surface area contributed by atoms with E-state index in [9.17, 15) is 28.7 Å². The van der Waals surface area contributed by atoms with Crippen LogP contribution in [0.3, 0.4) is 0 Å². The number of halogens is 1. The standard InChI is InChI=1S/C19H13FN2O6S/c20-11-3-1-2-10(6-11)7-15-17(25)22(19(28)29-15)9-16(24)21-14-5-4-12(23)8-13(14)18(26)27/h1-8,23H,9H2,(H,21,24)(H,26,27)/b15-7+. The second-order valence-electron chi connectivity index (χ2n) is 5.91. The highest BCUT2D eigenvalue weighted by Gasteiger charge is 2.36. The number of carboxylic acid groups (broad SMARTS) is 1. The first-order chi connectivity index (χ1) is 13.7. The van der Waals surface area contributed by atoms with E-state index in [-0.39, 0.29) is 21.9 Å². The van der Waals surface area contributed by atoms with Crippen LogP contribution in [0.15, 0.2) is 47.4 Å². The van der Waals surface area contributed by atoms with Gasteiger partial charge in [-0.15, -0.1) is 0 Å². The first kappa shape index (κ1) is 20.1. The van der Waals surface area contributed by atoms with E-state index in [0.29, 0.717) is 22.2 Å². The zero-order valence-electron chi connectivity index (χ0n) is 14.6. The maximum Gasteiger partial charge on any atom is 0.337 e. The van der Waals surface area contributed by atoms with Crippen LogP contribution in [0.4, 0.5) is 14.9 Å². The smallest absolute Gasteiger partial charge is 0.337 e. The second kappa shape index (κ2) is 8.15. The van der Waals surface area contributed by atoms with Crippen molar-refractivity contribution in [1.29, 1.82) is 0 Å². The lowest BCUT2D eigenvalue weighted by Crippen LogP contribution is -2.36. The molecule has 0 unspecified atom stereocenters. The Morgan fingerprint density at radius 2 is 1.93 bits per heavy atom. The van der Waals surface area contributed by atoms with Crippen LogP contribution in [-0.2, 0) is 9.59 Å². The number of nitrogens with zero attached hydrogens (tertiary/aromatic N) is 1. The highest BCUT2D eigenvalue weighted by Crippen LogP contribution is 2.32.